The van der Waals surface area contributed by atoms with Crippen molar-refractivity contribution in [3.63, 3.8) is 0 Å². The van der Waals surface area contributed by atoms with E-state index in [1.165, 1.54) is 0 Å². The van der Waals surface area contributed by atoms with Gasteiger partial charge in [-0.15, -0.1) is 0 Å². The molecule has 4 amide bonds. The maximum Gasteiger partial charge on any atom is 0.408 e. The van der Waals surface area contributed by atoms with Crippen LogP contribution in [0.15, 0.2) is 23.8 Å². The normalized spacial score (nSPS) is 16.8. The Balaban J connectivity index is 2.56. The van der Waals surface area contributed by atoms with Crippen LogP contribution in [-0.4, -0.2) is 91.0 Å². The fourth-order valence-electron chi connectivity index (χ4n) is 4.25. The van der Waals surface area contributed by atoms with Gasteiger partial charge in [-0.3, -0.25) is 14.5 Å². The Hall–Kier alpha value is -3.12. The van der Waals surface area contributed by atoms with E-state index in [1.807, 2.05) is 25.8 Å². The van der Waals surface area contributed by atoms with E-state index in [0.717, 1.165) is 18.4 Å². The lowest BCUT2D eigenvalue weighted by atomic mass is 9.99. The highest BCUT2D eigenvalue weighted by atomic mass is 16.6. The van der Waals surface area contributed by atoms with Gasteiger partial charge in [-0.05, 0) is 59.4 Å². The van der Waals surface area contributed by atoms with Crippen molar-refractivity contribution in [3.05, 3.63) is 23.8 Å². The molecular weight excluding hydrogens is 504 g/mol. The summed E-state index contributed by atoms with van der Waals surface area (Å²) < 4.78 is 5.16. The molecule has 0 aromatic carbocycles. The number of amides is 4. The predicted molar refractivity (Wildman–Crippen MR) is 150 cm³/mol. The number of hydrogen-bond acceptors (Lipinski definition) is 7. The van der Waals surface area contributed by atoms with E-state index in [0.29, 0.717) is 32.5 Å². The first-order valence-corrected chi connectivity index (χ1v) is 13.5. The van der Waals surface area contributed by atoms with Crippen LogP contribution in [0.2, 0.25) is 0 Å². The monoisotopic (exact) mass is 552 g/mol. The molecule has 0 aromatic rings. The number of nitrogens with zero attached hydrogens (tertiary/aromatic N) is 1. The smallest absolute Gasteiger partial charge is 0.408 e. The summed E-state index contributed by atoms with van der Waals surface area (Å²) in [6.07, 6.45) is 8.34. The first kappa shape index (κ1) is 33.9. The molecule has 3 unspecified atom stereocenters. The van der Waals surface area contributed by atoms with Crippen LogP contribution in [0.1, 0.15) is 60.3 Å². The van der Waals surface area contributed by atoms with Crippen LogP contribution in [0.4, 0.5) is 9.59 Å². The summed E-state index contributed by atoms with van der Waals surface area (Å²) in [7, 11) is 1.84. The number of alkyl carbamates (subject to hydrolysis) is 1. The maximum absolute atomic E-state index is 12.5. The maximum atomic E-state index is 12.5. The fraction of sp³-hybridized carbons (Fsp3) is 0.704. The Labute approximate surface area is 232 Å². The predicted octanol–water partition coefficient (Wildman–Crippen LogP) is 1.72. The number of hydrogen-bond donors (Lipinski definition) is 6. The molecule has 0 bridgehead atoms. The van der Waals surface area contributed by atoms with Gasteiger partial charge in [0.05, 0.1) is 0 Å². The van der Waals surface area contributed by atoms with E-state index in [9.17, 15) is 24.3 Å². The highest BCUT2D eigenvalue weighted by Gasteiger charge is 2.26. The molecule has 7 N–H and O–H groups in total. The average molecular weight is 553 g/mol. The Morgan fingerprint density at radius 1 is 1.21 bits per heavy atom. The van der Waals surface area contributed by atoms with Crippen molar-refractivity contribution in [3.8, 4) is 0 Å². The molecule has 0 aliphatic heterocycles. The molecule has 39 heavy (non-hydrogen) atoms. The van der Waals surface area contributed by atoms with Crippen molar-refractivity contribution in [1.82, 2.24) is 26.2 Å². The van der Waals surface area contributed by atoms with E-state index in [-0.39, 0.29) is 30.5 Å². The van der Waals surface area contributed by atoms with E-state index in [1.54, 1.807) is 20.8 Å². The topological polar surface area (TPSA) is 175 Å². The summed E-state index contributed by atoms with van der Waals surface area (Å²) in [6.45, 7) is 10.4. The molecule has 12 nitrogen and oxygen atoms in total. The SMILES string of the molecule is CC(C)C(C(=O)O)N(C)CCC1=CCC(NCC(CCCNC(N)=O)NC(=O)CNC(=O)OC(C)(C)C)C=C1. The number of aliphatic carboxylic acids is 1. The highest BCUT2D eigenvalue weighted by molar-refractivity contribution is 5.82. The molecule has 0 saturated carbocycles. The largest absolute Gasteiger partial charge is 0.480 e. The summed E-state index contributed by atoms with van der Waals surface area (Å²) in [5, 5.41) is 20.8. The Bertz CT molecular complexity index is 882. The summed E-state index contributed by atoms with van der Waals surface area (Å²) in [4.78, 5) is 48.7. The van der Waals surface area contributed by atoms with Gasteiger partial charge in [-0.2, -0.15) is 0 Å². The van der Waals surface area contributed by atoms with Crippen LogP contribution < -0.4 is 27.0 Å². The van der Waals surface area contributed by atoms with Crippen LogP contribution in [0, 0.1) is 5.92 Å². The van der Waals surface area contributed by atoms with Gasteiger partial charge in [0.1, 0.15) is 18.2 Å². The second-order valence-electron chi connectivity index (χ2n) is 11.2. The zero-order valence-electron chi connectivity index (χ0n) is 24.2. The molecule has 1 aliphatic rings. The number of urea groups is 1. The number of carbonyl (C=O) groups is 4. The molecule has 1 rings (SSSR count). The Morgan fingerprint density at radius 2 is 1.90 bits per heavy atom. The summed E-state index contributed by atoms with van der Waals surface area (Å²) in [5.41, 5.74) is 5.62. The molecule has 222 valence electrons. The fourth-order valence-corrected chi connectivity index (χ4v) is 4.25. The summed E-state index contributed by atoms with van der Waals surface area (Å²) in [6, 6.07) is -1.27. The van der Waals surface area contributed by atoms with Crippen LogP contribution in [0.25, 0.3) is 0 Å². The van der Waals surface area contributed by atoms with Gasteiger partial charge < -0.3 is 36.8 Å². The van der Waals surface area contributed by atoms with Gasteiger partial charge in [0.2, 0.25) is 5.91 Å². The van der Waals surface area contributed by atoms with Crippen LogP contribution >= 0.6 is 0 Å². The summed E-state index contributed by atoms with van der Waals surface area (Å²) >= 11 is 0. The van der Waals surface area contributed by atoms with Gasteiger partial charge in [-0.25, -0.2) is 9.59 Å². The number of carboxylic acid groups (broad SMARTS) is 1. The highest BCUT2D eigenvalue weighted by Crippen LogP contribution is 2.17. The number of carboxylic acids is 1. The van der Waals surface area contributed by atoms with Gasteiger partial charge in [0.15, 0.2) is 0 Å². The minimum atomic E-state index is -0.808. The van der Waals surface area contributed by atoms with Crippen molar-refractivity contribution in [2.24, 2.45) is 11.7 Å². The number of rotatable bonds is 16. The molecular formula is C27H48N6O6. The molecule has 0 fully saturated rings. The average Bonchev–Trinajstić information content (AvgIpc) is 2.81. The molecule has 0 heterocycles. The van der Waals surface area contributed by atoms with Crippen LogP contribution in [0.5, 0.6) is 0 Å². The number of primary amides is 1. The third-order valence-corrected chi connectivity index (χ3v) is 6.10. The number of nitrogens with two attached hydrogens (primary N) is 1. The minimum absolute atomic E-state index is 0.0186. The van der Waals surface area contributed by atoms with Gasteiger partial charge in [0.25, 0.3) is 0 Å². The zero-order chi connectivity index (χ0) is 29.6. The quantitative estimate of drug-likeness (QED) is 0.157. The molecule has 12 heteroatoms. The van der Waals surface area contributed by atoms with Crippen LogP contribution in [-0.2, 0) is 14.3 Å². The van der Waals surface area contributed by atoms with Crippen molar-refractivity contribution in [1.29, 1.82) is 0 Å². The Kier molecular flexibility index (Phi) is 14.6. The molecule has 0 radical (unpaired) electrons. The molecule has 0 saturated heterocycles. The number of allylic oxidation sites excluding steroid dienone is 1. The lowest BCUT2D eigenvalue weighted by Crippen LogP contribution is -2.48. The van der Waals surface area contributed by atoms with E-state index in [2.05, 4.69) is 39.5 Å². The second-order valence-corrected chi connectivity index (χ2v) is 11.2. The van der Waals surface area contributed by atoms with Crippen molar-refractivity contribution >= 4 is 24.0 Å². The number of carbonyl (C=O) groups excluding carboxylic acids is 3. The third-order valence-electron chi connectivity index (χ3n) is 6.10. The van der Waals surface area contributed by atoms with Crippen molar-refractivity contribution in [2.75, 3.05) is 33.2 Å². The third kappa shape index (κ3) is 15.2. The van der Waals surface area contributed by atoms with Gasteiger partial charge >= 0.3 is 18.1 Å². The molecule has 1 aliphatic carbocycles. The molecule has 0 spiro atoms. The van der Waals surface area contributed by atoms with E-state index in [4.69, 9.17) is 10.5 Å². The lowest BCUT2D eigenvalue weighted by molar-refractivity contribution is -0.144. The number of likely N-dealkylation sites (N-methyl/N-ethyl adjacent to an activating group) is 1. The second kappa shape index (κ2) is 16.8. The number of ether oxygens (including phenoxy) is 1. The molecule has 0 aromatic heterocycles. The van der Waals surface area contributed by atoms with Crippen molar-refractivity contribution in [2.45, 2.75) is 84.0 Å². The van der Waals surface area contributed by atoms with E-state index >= 15 is 0 Å². The first-order valence-electron chi connectivity index (χ1n) is 13.5. The molecule has 3 atom stereocenters. The lowest BCUT2D eigenvalue weighted by Gasteiger charge is -2.28. The summed E-state index contributed by atoms with van der Waals surface area (Å²) in [5.74, 6) is -1.13. The van der Waals surface area contributed by atoms with Gasteiger partial charge in [0, 0.05) is 31.7 Å². The standard InChI is InChI=1S/C27H48N6O6/c1-18(2)23(24(35)36)33(6)15-13-19-9-11-20(12-10-19)30-16-21(8-7-14-29-25(28)37)32-22(34)17-31-26(38)39-27(3,4)5/h9-11,18,20-21,23,30H,7-8,12-17H2,1-6H3,(H,31,38)(H,32,34)(H,35,36)(H3,28,29,37). The first-order chi connectivity index (χ1) is 18.2. The minimum Gasteiger partial charge on any atom is -0.480 e. The van der Waals surface area contributed by atoms with Crippen molar-refractivity contribution < 1.29 is 29.0 Å². The van der Waals surface area contributed by atoms with E-state index < -0.39 is 29.7 Å². The Morgan fingerprint density at radius 3 is 2.44 bits per heavy atom. The van der Waals surface area contributed by atoms with Gasteiger partial charge in [-0.1, -0.05) is 37.6 Å². The van der Waals surface area contributed by atoms with Crippen LogP contribution in [0.3, 0.4) is 0 Å². The zero-order valence-corrected chi connectivity index (χ0v) is 24.2. The number of nitrogens with one attached hydrogen (secondary N) is 4.